The smallest absolute Gasteiger partial charge is 0.0974 e. The van der Waals surface area contributed by atoms with Gasteiger partial charge in [-0.1, -0.05) is 13.8 Å². The van der Waals surface area contributed by atoms with Crippen LogP contribution in [0.15, 0.2) is 0 Å². The molecule has 4 aliphatic carbocycles. The topological polar surface area (TPSA) is 44.2 Å². The van der Waals surface area contributed by atoms with E-state index < -0.39 is 0 Å². The predicted molar refractivity (Wildman–Crippen MR) is 83.2 cm³/mol. The first-order chi connectivity index (χ1) is 9.47. The Morgan fingerprint density at radius 2 is 1.55 bits per heavy atom. The Morgan fingerprint density at radius 1 is 0.900 bits per heavy atom. The van der Waals surface area contributed by atoms with Crippen molar-refractivity contribution < 1.29 is 11.1 Å². The van der Waals surface area contributed by atoms with Crippen molar-refractivity contribution in [3.63, 3.8) is 0 Å². The third-order valence-electron chi connectivity index (χ3n) is 6.45. The van der Waals surface area contributed by atoms with Gasteiger partial charge in [-0.2, -0.15) is 0 Å². The van der Waals surface area contributed by atoms with E-state index in [0.717, 1.165) is 12.5 Å². The van der Waals surface area contributed by atoms with Gasteiger partial charge in [-0.3, -0.25) is 0 Å². The lowest BCUT2D eigenvalue weighted by Gasteiger charge is -2.63. The van der Waals surface area contributed by atoms with E-state index in [4.69, 9.17) is 0 Å². The number of hydrogen-bond donors (Lipinski definition) is 2. The summed E-state index contributed by atoms with van der Waals surface area (Å²) in [6.45, 7) is 7.67. The van der Waals surface area contributed by atoms with E-state index in [1.54, 1.807) is 0 Å². The summed E-state index contributed by atoms with van der Waals surface area (Å²) < 4.78 is 0. The first-order valence-electron chi connectivity index (χ1n) is 9.10. The third kappa shape index (κ3) is 2.92. The average Bonchev–Trinajstić information content (AvgIpc) is 2.29. The fraction of sp³-hybridized carbons (Fsp3) is 1.00. The molecule has 0 aromatic carbocycles. The number of hydrogen-bond acceptors (Lipinski definition) is 0. The lowest BCUT2D eigenvalue weighted by Crippen LogP contribution is -2.99. The number of nitrogens with two attached hydrogens (primary N) is 1. The van der Waals surface area contributed by atoms with Crippen molar-refractivity contribution in [1.29, 1.82) is 0 Å². The third-order valence-corrected chi connectivity index (χ3v) is 6.45. The molecule has 4 aliphatic rings. The van der Waals surface area contributed by atoms with Crippen LogP contribution in [0.3, 0.4) is 0 Å². The Labute approximate surface area is 125 Å². The van der Waals surface area contributed by atoms with Crippen LogP contribution in [-0.4, -0.2) is 18.6 Å². The van der Waals surface area contributed by atoms with Crippen molar-refractivity contribution in [3.8, 4) is 0 Å². The van der Waals surface area contributed by atoms with Crippen molar-refractivity contribution in [2.75, 3.05) is 13.1 Å². The minimum absolute atomic E-state index is 0.634. The fourth-order valence-electron chi connectivity index (χ4n) is 6.85. The Bertz CT molecular complexity index is 333. The molecule has 0 heterocycles. The maximum absolute atomic E-state index is 3.94. The molecule has 0 aliphatic heterocycles. The summed E-state index contributed by atoms with van der Waals surface area (Å²) in [6, 6.07) is 0. The van der Waals surface area contributed by atoms with Crippen LogP contribution < -0.4 is 11.1 Å². The zero-order chi connectivity index (χ0) is 14.3. The second-order valence-corrected chi connectivity index (χ2v) is 9.25. The molecule has 116 valence electrons. The molecule has 0 amide bonds. The molecule has 4 fully saturated rings. The van der Waals surface area contributed by atoms with Crippen LogP contribution in [0.5, 0.6) is 0 Å². The SMILES string of the molecule is C[C@]12CC3CC([NH2+]CCCCCC[NH3+])(C1)C[C@@](C)(C3)C2. The highest BCUT2D eigenvalue weighted by molar-refractivity contribution is 5.10. The first kappa shape index (κ1) is 14.8. The maximum atomic E-state index is 3.94. The monoisotopic (exact) mass is 280 g/mol. The van der Waals surface area contributed by atoms with Gasteiger partial charge in [-0.05, 0) is 61.7 Å². The zero-order valence-corrected chi connectivity index (χ0v) is 13.8. The van der Waals surface area contributed by atoms with Gasteiger partial charge in [0.15, 0.2) is 0 Å². The van der Waals surface area contributed by atoms with E-state index in [1.807, 2.05) is 0 Å². The lowest BCUT2D eigenvalue weighted by molar-refractivity contribution is -0.742. The molecule has 2 heteroatoms. The normalized spacial score (nSPS) is 46.0. The molecule has 2 unspecified atom stereocenters. The molecule has 0 aromatic rings. The summed E-state index contributed by atoms with van der Waals surface area (Å²) in [5, 5.41) is 2.79. The second-order valence-electron chi connectivity index (χ2n) is 9.25. The van der Waals surface area contributed by atoms with Gasteiger partial charge in [0.25, 0.3) is 0 Å². The zero-order valence-electron chi connectivity index (χ0n) is 13.8. The van der Waals surface area contributed by atoms with E-state index in [9.17, 15) is 0 Å². The van der Waals surface area contributed by atoms with Gasteiger partial charge in [0.2, 0.25) is 0 Å². The van der Waals surface area contributed by atoms with E-state index in [1.165, 1.54) is 70.8 Å². The molecule has 4 bridgehead atoms. The molecule has 0 saturated heterocycles. The molecule has 5 N–H and O–H groups in total. The number of rotatable bonds is 7. The van der Waals surface area contributed by atoms with Gasteiger partial charge in [-0.25, -0.2) is 0 Å². The Hall–Kier alpha value is -0.0800. The van der Waals surface area contributed by atoms with Gasteiger partial charge in [0.05, 0.1) is 18.6 Å². The standard InChI is InChI=1S/C18H34N2/c1-16-9-15-10-17(2,12-16)14-18(11-15,13-16)20-8-6-4-3-5-7-19/h15,20H,3-14,19H2,1-2H3/p+2/t15?,16-,17+,18?. The summed E-state index contributed by atoms with van der Waals surface area (Å²) in [6.07, 6.45) is 14.7. The van der Waals surface area contributed by atoms with Crippen LogP contribution in [0.2, 0.25) is 0 Å². The van der Waals surface area contributed by atoms with Gasteiger partial charge in [-0.15, -0.1) is 0 Å². The van der Waals surface area contributed by atoms with Crippen LogP contribution in [0, 0.1) is 16.7 Å². The Morgan fingerprint density at radius 3 is 2.15 bits per heavy atom. The van der Waals surface area contributed by atoms with Crippen molar-refractivity contribution in [1.82, 2.24) is 0 Å². The van der Waals surface area contributed by atoms with Gasteiger partial charge in [0, 0.05) is 19.3 Å². The van der Waals surface area contributed by atoms with E-state index >= 15 is 0 Å². The minimum Gasteiger partial charge on any atom is -0.358 e. The molecule has 2 nitrogen and oxygen atoms in total. The molecule has 4 rings (SSSR count). The lowest BCUT2D eigenvalue weighted by atomic mass is 9.43. The molecule has 0 aromatic heterocycles. The van der Waals surface area contributed by atoms with E-state index in [0.29, 0.717) is 16.4 Å². The summed E-state index contributed by atoms with van der Waals surface area (Å²) in [7, 11) is 0. The van der Waals surface area contributed by atoms with Gasteiger partial charge >= 0.3 is 0 Å². The maximum Gasteiger partial charge on any atom is 0.0974 e. The summed E-state index contributed by atoms with van der Waals surface area (Å²) in [4.78, 5) is 0. The quantitative estimate of drug-likeness (QED) is 0.671. The molecule has 4 atom stereocenters. The molecule has 0 spiro atoms. The minimum atomic E-state index is 0.634. The van der Waals surface area contributed by atoms with Crippen LogP contribution in [0.4, 0.5) is 0 Å². The van der Waals surface area contributed by atoms with E-state index in [2.05, 4.69) is 24.9 Å². The van der Waals surface area contributed by atoms with E-state index in [-0.39, 0.29) is 0 Å². The first-order valence-corrected chi connectivity index (χ1v) is 9.10. The van der Waals surface area contributed by atoms with Gasteiger partial charge < -0.3 is 11.1 Å². The van der Waals surface area contributed by atoms with Crippen LogP contribution in [0.25, 0.3) is 0 Å². The molecule has 0 radical (unpaired) electrons. The highest BCUT2D eigenvalue weighted by Gasteiger charge is 2.61. The summed E-state index contributed by atoms with van der Waals surface area (Å²) in [5.41, 5.74) is 5.93. The number of unbranched alkanes of at least 4 members (excludes halogenated alkanes) is 3. The highest BCUT2D eigenvalue weighted by Crippen LogP contribution is 2.65. The Balaban J connectivity index is 1.53. The number of quaternary nitrogens is 2. The molecular formula is C18H36N2+2. The van der Waals surface area contributed by atoms with Gasteiger partial charge in [0.1, 0.15) is 0 Å². The van der Waals surface area contributed by atoms with Crippen LogP contribution in [0.1, 0.15) is 78.1 Å². The van der Waals surface area contributed by atoms with Crippen molar-refractivity contribution in [3.05, 3.63) is 0 Å². The largest absolute Gasteiger partial charge is 0.358 e. The Kier molecular flexibility index (Phi) is 3.92. The molecular weight excluding hydrogens is 244 g/mol. The summed E-state index contributed by atoms with van der Waals surface area (Å²) >= 11 is 0. The van der Waals surface area contributed by atoms with Crippen molar-refractivity contribution >= 4 is 0 Å². The molecule has 4 saturated carbocycles. The average molecular weight is 280 g/mol. The highest BCUT2D eigenvalue weighted by atomic mass is 15.0. The van der Waals surface area contributed by atoms with Crippen molar-refractivity contribution in [2.45, 2.75) is 83.6 Å². The summed E-state index contributed by atoms with van der Waals surface area (Å²) in [5.74, 6) is 1.05. The van der Waals surface area contributed by atoms with Crippen LogP contribution in [-0.2, 0) is 0 Å². The predicted octanol–water partition coefficient (Wildman–Crippen LogP) is 2.10. The van der Waals surface area contributed by atoms with Crippen molar-refractivity contribution in [2.24, 2.45) is 16.7 Å². The second kappa shape index (κ2) is 5.28. The van der Waals surface area contributed by atoms with Crippen LogP contribution >= 0.6 is 0 Å². The fourth-order valence-corrected chi connectivity index (χ4v) is 6.85. The molecule has 20 heavy (non-hydrogen) atoms.